The van der Waals surface area contributed by atoms with Crippen molar-refractivity contribution >= 4 is 38.8 Å². The number of imidazole rings is 1. The summed E-state index contributed by atoms with van der Waals surface area (Å²) in [6.45, 7) is 0. The predicted octanol–water partition coefficient (Wildman–Crippen LogP) is 2.30. The number of amides is 1. The molecule has 0 aliphatic rings. The third kappa shape index (κ3) is 2.00. The van der Waals surface area contributed by atoms with Crippen molar-refractivity contribution in [1.82, 2.24) is 20.2 Å². The molecule has 90 valence electrons. The quantitative estimate of drug-likeness (QED) is 0.679. The number of aromatic nitrogens is 4. The van der Waals surface area contributed by atoms with E-state index in [-0.39, 0.29) is 5.91 Å². The van der Waals surface area contributed by atoms with Gasteiger partial charge in [0.05, 0.1) is 11.0 Å². The summed E-state index contributed by atoms with van der Waals surface area (Å²) in [7, 11) is 0. The summed E-state index contributed by atoms with van der Waals surface area (Å²) in [4.78, 5) is 19.1. The number of nitrogens with one attached hydrogen (secondary N) is 3. The maximum absolute atomic E-state index is 11.8. The average Bonchev–Trinajstić information content (AvgIpc) is 2.95. The van der Waals surface area contributed by atoms with Crippen LogP contribution in [0.25, 0.3) is 11.0 Å². The monoisotopic (exact) mass is 305 g/mol. The van der Waals surface area contributed by atoms with Crippen LogP contribution in [0.15, 0.2) is 34.9 Å². The Morgan fingerprint density at radius 3 is 3.00 bits per heavy atom. The minimum Gasteiger partial charge on any atom is -0.324 e. The van der Waals surface area contributed by atoms with Crippen molar-refractivity contribution in [3.05, 3.63) is 40.6 Å². The van der Waals surface area contributed by atoms with Crippen molar-refractivity contribution in [3.8, 4) is 0 Å². The maximum atomic E-state index is 11.8. The van der Waals surface area contributed by atoms with Crippen molar-refractivity contribution in [2.24, 2.45) is 0 Å². The van der Waals surface area contributed by atoms with Crippen molar-refractivity contribution in [2.45, 2.75) is 0 Å². The van der Waals surface area contributed by atoms with E-state index in [9.17, 15) is 4.79 Å². The van der Waals surface area contributed by atoms with Gasteiger partial charge in [-0.25, -0.2) is 4.98 Å². The number of halogens is 1. The Bertz CT molecular complexity index is 703. The molecule has 0 bridgehead atoms. The molecule has 6 nitrogen and oxygen atoms in total. The van der Waals surface area contributed by atoms with Crippen LogP contribution < -0.4 is 5.32 Å². The molecule has 0 atom stereocenters. The highest BCUT2D eigenvalue weighted by Crippen LogP contribution is 2.19. The van der Waals surface area contributed by atoms with Crippen LogP contribution in [0.1, 0.15) is 10.5 Å². The van der Waals surface area contributed by atoms with Crippen molar-refractivity contribution < 1.29 is 4.79 Å². The topological polar surface area (TPSA) is 86.5 Å². The van der Waals surface area contributed by atoms with E-state index in [2.05, 4.69) is 41.4 Å². The molecule has 18 heavy (non-hydrogen) atoms. The summed E-state index contributed by atoms with van der Waals surface area (Å²) in [6, 6.07) is 7.24. The van der Waals surface area contributed by atoms with E-state index in [0.717, 1.165) is 15.5 Å². The molecular weight excluding hydrogens is 298 g/mol. The highest BCUT2D eigenvalue weighted by Gasteiger charge is 2.10. The van der Waals surface area contributed by atoms with Crippen LogP contribution in [0, 0.1) is 0 Å². The molecule has 0 saturated heterocycles. The first kappa shape index (κ1) is 11.0. The molecule has 0 spiro atoms. The number of carbonyl (C=O) groups is 1. The molecule has 2 aromatic heterocycles. The van der Waals surface area contributed by atoms with Crippen LogP contribution in [0.2, 0.25) is 0 Å². The van der Waals surface area contributed by atoms with Gasteiger partial charge in [-0.3, -0.25) is 15.2 Å². The Morgan fingerprint density at radius 1 is 1.33 bits per heavy atom. The lowest BCUT2D eigenvalue weighted by molar-refractivity contribution is 0.102. The van der Waals surface area contributed by atoms with Crippen LogP contribution in [0.5, 0.6) is 0 Å². The van der Waals surface area contributed by atoms with E-state index in [1.54, 1.807) is 6.07 Å². The van der Waals surface area contributed by atoms with Crippen molar-refractivity contribution in [2.75, 3.05) is 5.32 Å². The number of benzene rings is 1. The molecule has 0 radical (unpaired) electrons. The fraction of sp³-hybridized carbons (Fsp3) is 0. The lowest BCUT2D eigenvalue weighted by atomic mass is 10.3. The van der Waals surface area contributed by atoms with Crippen LogP contribution in [-0.4, -0.2) is 26.1 Å². The van der Waals surface area contributed by atoms with E-state index >= 15 is 0 Å². The van der Waals surface area contributed by atoms with E-state index in [4.69, 9.17) is 0 Å². The van der Waals surface area contributed by atoms with Crippen LogP contribution in [-0.2, 0) is 0 Å². The highest BCUT2D eigenvalue weighted by atomic mass is 79.9. The van der Waals surface area contributed by atoms with Gasteiger partial charge in [0, 0.05) is 10.7 Å². The Labute approximate surface area is 110 Å². The van der Waals surface area contributed by atoms with Gasteiger partial charge in [-0.1, -0.05) is 15.9 Å². The number of hydrogen-bond donors (Lipinski definition) is 3. The normalized spacial score (nSPS) is 10.7. The van der Waals surface area contributed by atoms with Gasteiger partial charge in [0.15, 0.2) is 0 Å². The first-order chi connectivity index (χ1) is 8.72. The zero-order chi connectivity index (χ0) is 12.5. The summed E-state index contributed by atoms with van der Waals surface area (Å²) in [5.74, 6) is 0.119. The molecule has 0 unspecified atom stereocenters. The van der Waals surface area contributed by atoms with Gasteiger partial charge < -0.3 is 4.98 Å². The Morgan fingerprint density at radius 2 is 2.22 bits per heavy atom. The second kappa shape index (κ2) is 4.26. The number of rotatable bonds is 2. The molecule has 3 rings (SSSR count). The predicted molar refractivity (Wildman–Crippen MR) is 70.3 cm³/mol. The molecule has 3 N–H and O–H groups in total. The van der Waals surface area contributed by atoms with E-state index in [1.807, 2.05) is 18.2 Å². The maximum Gasteiger partial charge on any atom is 0.275 e. The standard InChI is InChI=1S/C11H8BrN5O/c12-6-1-2-7-9(5-6)15-11(14-7)16-10(18)8-3-4-13-17-8/h1-5H,(H,13,17)(H2,14,15,16,18). The zero-order valence-corrected chi connectivity index (χ0v) is 10.7. The summed E-state index contributed by atoms with van der Waals surface area (Å²) in [6.07, 6.45) is 1.52. The van der Waals surface area contributed by atoms with Gasteiger partial charge in [-0.15, -0.1) is 0 Å². The highest BCUT2D eigenvalue weighted by molar-refractivity contribution is 9.10. The molecule has 3 aromatic rings. The SMILES string of the molecule is O=C(Nc1nc2ccc(Br)cc2[nH]1)c1ccn[nH]1. The summed E-state index contributed by atoms with van der Waals surface area (Å²) in [5.41, 5.74) is 2.03. The molecule has 1 aromatic carbocycles. The number of H-pyrrole nitrogens is 2. The lowest BCUT2D eigenvalue weighted by Gasteiger charge is -1.97. The number of hydrogen-bond acceptors (Lipinski definition) is 3. The van der Waals surface area contributed by atoms with Crippen molar-refractivity contribution in [3.63, 3.8) is 0 Å². The first-order valence-electron chi connectivity index (χ1n) is 5.18. The molecule has 0 fully saturated rings. The molecule has 2 heterocycles. The number of fused-ring (bicyclic) bond motifs is 1. The minimum absolute atomic E-state index is 0.286. The van der Waals surface area contributed by atoms with E-state index in [0.29, 0.717) is 11.6 Å². The largest absolute Gasteiger partial charge is 0.324 e. The molecule has 0 aliphatic heterocycles. The van der Waals surface area contributed by atoms with Gasteiger partial charge in [0.25, 0.3) is 5.91 Å². The van der Waals surface area contributed by atoms with E-state index in [1.165, 1.54) is 6.20 Å². The molecular formula is C11H8BrN5O. The van der Waals surface area contributed by atoms with Gasteiger partial charge in [-0.2, -0.15) is 5.10 Å². The Hall–Kier alpha value is -2.15. The average molecular weight is 306 g/mol. The van der Waals surface area contributed by atoms with Crippen molar-refractivity contribution in [1.29, 1.82) is 0 Å². The van der Waals surface area contributed by atoms with Crippen LogP contribution in [0.3, 0.4) is 0 Å². The number of nitrogens with zero attached hydrogens (tertiary/aromatic N) is 2. The second-order valence-corrected chi connectivity index (χ2v) is 4.59. The number of carbonyl (C=O) groups excluding carboxylic acids is 1. The summed E-state index contributed by atoms with van der Waals surface area (Å²) >= 11 is 3.38. The third-order valence-electron chi connectivity index (χ3n) is 2.42. The second-order valence-electron chi connectivity index (χ2n) is 3.67. The van der Waals surface area contributed by atoms with E-state index < -0.39 is 0 Å². The summed E-state index contributed by atoms with van der Waals surface area (Å²) < 4.78 is 0.949. The van der Waals surface area contributed by atoms with Gasteiger partial charge in [0.1, 0.15) is 5.69 Å². The zero-order valence-electron chi connectivity index (χ0n) is 9.07. The number of anilines is 1. The molecule has 0 aliphatic carbocycles. The summed E-state index contributed by atoms with van der Waals surface area (Å²) in [5, 5.41) is 8.97. The smallest absolute Gasteiger partial charge is 0.275 e. The Balaban J connectivity index is 1.89. The Kier molecular flexibility index (Phi) is 2.60. The molecule has 0 saturated carbocycles. The van der Waals surface area contributed by atoms with Gasteiger partial charge >= 0.3 is 0 Å². The van der Waals surface area contributed by atoms with Crippen LogP contribution >= 0.6 is 15.9 Å². The fourth-order valence-electron chi connectivity index (χ4n) is 1.60. The lowest BCUT2D eigenvalue weighted by Crippen LogP contribution is -2.13. The first-order valence-corrected chi connectivity index (χ1v) is 5.98. The molecule has 7 heteroatoms. The fourth-order valence-corrected chi connectivity index (χ4v) is 1.96. The van der Waals surface area contributed by atoms with Crippen LogP contribution in [0.4, 0.5) is 5.95 Å². The third-order valence-corrected chi connectivity index (χ3v) is 2.91. The molecule has 1 amide bonds. The van der Waals surface area contributed by atoms with Gasteiger partial charge in [-0.05, 0) is 24.3 Å². The number of aromatic amines is 2. The minimum atomic E-state index is -0.286. The van der Waals surface area contributed by atoms with Gasteiger partial charge in [0.2, 0.25) is 5.95 Å².